The van der Waals surface area contributed by atoms with Crippen LogP contribution in [0.25, 0.3) is 22.3 Å². The van der Waals surface area contributed by atoms with Crippen molar-refractivity contribution in [2.45, 2.75) is 57.6 Å². The minimum absolute atomic E-state index is 0.131. The third kappa shape index (κ3) is 5.43. The SMILES string of the molecule is CC(C)=CCc1cc(-c2oc3cc(O[C@@H]4O[C@H](CO)[C@@H](O)[C@H](O)[C@H]4O)cc(O)c3c(=O)c2CO)cc(O)c1O. The molecule has 0 amide bonds. The molecule has 1 saturated heterocycles. The Balaban J connectivity index is 1.82. The number of benzene rings is 2. The van der Waals surface area contributed by atoms with Gasteiger partial charge in [-0.3, -0.25) is 4.79 Å². The van der Waals surface area contributed by atoms with Crippen LogP contribution in [0.15, 0.2) is 45.1 Å². The molecule has 0 bridgehead atoms. The fourth-order valence-electron chi connectivity index (χ4n) is 4.33. The maximum absolute atomic E-state index is 13.2. The predicted molar refractivity (Wildman–Crippen MR) is 136 cm³/mol. The fraction of sp³-hybridized carbons (Fsp3) is 0.370. The number of hydrogen-bond donors (Lipinski definition) is 8. The molecule has 12 heteroatoms. The first-order valence-corrected chi connectivity index (χ1v) is 12.1. The second-order valence-electron chi connectivity index (χ2n) is 9.52. The first-order chi connectivity index (χ1) is 18.5. The van der Waals surface area contributed by atoms with Crippen LogP contribution in [0.4, 0.5) is 0 Å². The van der Waals surface area contributed by atoms with E-state index in [1.165, 1.54) is 18.2 Å². The normalized spacial score (nSPS) is 23.1. The van der Waals surface area contributed by atoms with Crippen LogP contribution in [-0.4, -0.2) is 78.2 Å². The average Bonchev–Trinajstić information content (AvgIpc) is 2.89. The first-order valence-electron chi connectivity index (χ1n) is 12.1. The van der Waals surface area contributed by atoms with Crippen molar-refractivity contribution in [3.05, 3.63) is 57.3 Å². The second-order valence-corrected chi connectivity index (χ2v) is 9.52. The van der Waals surface area contributed by atoms with E-state index in [1.54, 1.807) is 0 Å². The van der Waals surface area contributed by atoms with Crippen LogP contribution >= 0.6 is 0 Å². The van der Waals surface area contributed by atoms with E-state index in [0.29, 0.717) is 5.56 Å². The van der Waals surface area contributed by atoms with Crippen molar-refractivity contribution in [1.82, 2.24) is 0 Å². The van der Waals surface area contributed by atoms with Crippen molar-refractivity contribution in [1.29, 1.82) is 0 Å². The molecule has 2 aromatic carbocycles. The van der Waals surface area contributed by atoms with Crippen molar-refractivity contribution >= 4 is 11.0 Å². The van der Waals surface area contributed by atoms with Gasteiger partial charge in [0.1, 0.15) is 52.6 Å². The number of aliphatic hydroxyl groups excluding tert-OH is 5. The minimum Gasteiger partial charge on any atom is -0.507 e. The number of phenols is 3. The highest BCUT2D eigenvalue weighted by Crippen LogP contribution is 2.39. The molecular formula is C27H30O12. The van der Waals surface area contributed by atoms with Crippen LogP contribution in [0.3, 0.4) is 0 Å². The van der Waals surface area contributed by atoms with Gasteiger partial charge < -0.3 is 54.7 Å². The lowest BCUT2D eigenvalue weighted by molar-refractivity contribution is -0.277. The Bertz CT molecular complexity index is 1450. The van der Waals surface area contributed by atoms with Crippen molar-refractivity contribution < 1.29 is 54.7 Å². The lowest BCUT2D eigenvalue weighted by atomic mass is 9.99. The molecule has 1 aliphatic heterocycles. The van der Waals surface area contributed by atoms with Gasteiger partial charge in [0.05, 0.1) is 18.8 Å². The van der Waals surface area contributed by atoms with Gasteiger partial charge >= 0.3 is 0 Å². The first kappa shape index (κ1) is 28.4. The molecule has 3 aromatic rings. The summed E-state index contributed by atoms with van der Waals surface area (Å²) in [7, 11) is 0. The standard InChI is InChI=1S/C27H30O12/c1-11(2)3-4-12-5-13(6-17(31)21(12)32)26-15(9-28)22(33)20-16(30)7-14(8-18(20)38-26)37-27-25(36)24(35)23(34)19(10-29)39-27/h3,5-8,19,23-25,27-32,34-36H,4,9-10H2,1-2H3/t19-,23-,24+,25-,27-/m1/s1. The van der Waals surface area contributed by atoms with Gasteiger partial charge in [-0.1, -0.05) is 11.6 Å². The maximum Gasteiger partial charge on any atom is 0.229 e. The lowest BCUT2D eigenvalue weighted by Gasteiger charge is -2.39. The van der Waals surface area contributed by atoms with Crippen LogP contribution < -0.4 is 10.2 Å². The van der Waals surface area contributed by atoms with Crippen LogP contribution in [-0.2, 0) is 17.8 Å². The number of ether oxygens (including phenoxy) is 2. The van der Waals surface area contributed by atoms with Crippen LogP contribution in [0.5, 0.6) is 23.0 Å². The van der Waals surface area contributed by atoms with Gasteiger partial charge in [0.15, 0.2) is 11.5 Å². The number of aliphatic hydroxyl groups is 5. The molecule has 5 atom stereocenters. The summed E-state index contributed by atoms with van der Waals surface area (Å²) >= 11 is 0. The summed E-state index contributed by atoms with van der Waals surface area (Å²) in [6.45, 7) is 2.29. The maximum atomic E-state index is 13.2. The monoisotopic (exact) mass is 546 g/mol. The van der Waals surface area contributed by atoms with E-state index in [2.05, 4.69) is 0 Å². The van der Waals surface area contributed by atoms with Gasteiger partial charge in [0.2, 0.25) is 11.7 Å². The van der Waals surface area contributed by atoms with Crippen molar-refractivity contribution in [3.63, 3.8) is 0 Å². The molecule has 4 rings (SSSR count). The highest BCUT2D eigenvalue weighted by atomic mass is 16.7. The quantitative estimate of drug-likeness (QED) is 0.152. The number of fused-ring (bicyclic) bond motifs is 1. The van der Waals surface area contributed by atoms with Crippen molar-refractivity contribution in [3.8, 4) is 34.3 Å². The van der Waals surface area contributed by atoms with Gasteiger partial charge in [0, 0.05) is 23.3 Å². The van der Waals surface area contributed by atoms with Gasteiger partial charge in [-0.15, -0.1) is 0 Å². The molecule has 1 aromatic heterocycles. The van der Waals surface area contributed by atoms with Gasteiger partial charge in [-0.25, -0.2) is 0 Å². The number of phenolic OH excluding ortho intramolecular Hbond substituents is 3. The zero-order valence-electron chi connectivity index (χ0n) is 21.1. The Kier molecular flexibility index (Phi) is 8.16. The zero-order valence-corrected chi connectivity index (χ0v) is 21.1. The van der Waals surface area contributed by atoms with E-state index in [0.717, 1.165) is 11.6 Å². The minimum atomic E-state index is -1.72. The van der Waals surface area contributed by atoms with Crippen molar-refractivity contribution in [2.24, 2.45) is 0 Å². The smallest absolute Gasteiger partial charge is 0.229 e. The predicted octanol–water partition coefficient (Wildman–Crippen LogP) is 0.756. The third-order valence-electron chi connectivity index (χ3n) is 6.46. The average molecular weight is 547 g/mol. The van der Waals surface area contributed by atoms with Gasteiger partial charge in [-0.05, 0) is 32.4 Å². The number of rotatable bonds is 7. The number of aromatic hydroxyl groups is 3. The molecular weight excluding hydrogens is 516 g/mol. The highest BCUT2D eigenvalue weighted by molar-refractivity contribution is 5.87. The molecule has 210 valence electrons. The zero-order chi connectivity index (χ0) is 28.6. The van der Waals surface area contributed by atoms with Crippen LogP contribution in [0.1, 0.15) is 25.0 Å². The Morgan fingerprint density at radius 3 is 2.33 bits per heavy atom. The molecule has 1 aliphatic rings. The second kappa shape index (κ2) is 11.2. The summed E-state index contributed by atoms with van der Waals surface area (Å²) < 4.78 is 16.8. The highest BCUT2D eigenvalue weighted by Gasteiger charge is 2.44. The summed E-state index contributed by atoms with van der Waals surface area (Å²) in [4.78, 5) is 13.2. The molecule has 8 N–H and O–H groups in total. The molecule has 0 saturated carbocycles. The topological polar surface area (TPSA) is 211 Å². The molecule has 1 fully saturated rings. The van der Waals surface area contributed by atoms with E-state index >= 15 is 0 Å². The van der Waals surface area contributed by atoms with E-state index < -0.39 is 60.8 Å². The molecule has 0 unspecified atom stereocenters. The summed E-state index contributed by atoms with van der Waals surface area (Å²) in [5.74, 6) is -1.70. The van der Waals surface area contributed by atoms with Gasteiger partial charge in [0.25, 0.3) is 0 Å². The van der Waals surface area contributed by atoms with Crippen LogP contribution in [0, 0.1) is 0 Å². The largest absolute Gasteiger partial charge is 0.507 e. The van der Waals surface area contributed by atoms with E-state index in [-0.39, 0.29) is 45.8 Å². The Labute approximate surface area is 221 Å². The molecule has 0 aliphatic carbocycles. The summed E-state index contributed by atoms with van der Waals surface area (Å²) in [5, 5.41) is 80.6. The van der Waals surface area contributed by atoms with E-state index in [4.69, 9.17) is 13.9 Å². The van der Waals surface area contributed by atoms with E-state index in [1.807, 2.05) is 19.9 Å². The molecule has 12 nitrogen and oxygen atoms in total. The Morgan fingerprint density at radius 2 is 1.69 bits per heavy atom. The number of allylic oxidation sites excluding steroid dienone is 2. The van der Waals surface area contributed by atoms with Gasteiger partial charge in [-0.2, -0.15) is 0 Å². The lowest BCUT2D eigenvalue weighted by Crippen LogP contribution is -2.60. The molecule has 0 spiro atoms. The third-order valence-corrected chi connectivity index (χ3v) is 6.46. The molecule has 0 radical (unpaired) electrons. The summed E-state index contributed by atoms with van der Waals surface area (Å²) in [6.07, 6.45) is -5.74. The van der Waals surface area contributed by atoms with Crippen molar-refractivity contribution in [2.75, 3.05) is 6.61 Å². The number of hydrogen-bond acceptors (Lipinski definition) is 12. The summed E-state index contributed by atoms with van der Waals surface area (Å²) in [5.41, 5.74) is 0.313. The molecule has 39 heavy (non-hydrogen) atoms. The summed E-state index contributed by atoms with van der Waals surface area (Å²) in [6, 6.07) is 4.89. The molecule has 2 heterocycles. The van der Waals surface area contributed by atoms with Crippen LogP contribution in [0.2, 0.25) is 0 Å². The van der Waals surface area contributed by atoms with E-state index in [9.17, 15) is 45.6 Å². The Morgan fingerprint density at radius 1 is 0.974 bits per heavy atom. The fourth-order valence-corrected chi connectivity index (χ4v) is 4.33. The Hall–Kier alpha value is -3.65.